The van der Waals surface area contributed by atoms with Crippen LogP contribution in [-0.2, 0) is 4.74 Å². The number of benzene rings is 2. The van der Waals surface area contributed by atoms with Crippen molar-refractivity contribution in [1.82, 2.24) is 0 Å². The van der Waals surface area contributed by atoms with E-state index in [9.17, 15) is 0 Å². The summed E-state index contributed by atoms with van der Waals surface area (Å²) >= 11 is 0. The van der Waals surface area contributed by atoms with Gasteiger partial charge in [-0.3, -0.25) is 0 Å². The zero-order valence-corrected chi connectivity index (χ0v) is 12.1. The van der Waals surface area contributed by atoms with Crippen LogP contribution in [0, 0.1) is 0 Å². The minimum absolute atomic E-state index is 0.162. The monoisotopic (exact) mass is 269 g/mol. The van der Waals surface area contributed by atoms with Crippen molar-refractivity contribution in [2.75, 3.05) is 13.2 Å². The third kappa shape index (κ3) is 2.24. The Balaban J connectivity index is 2.18. The van der Waals surface area contributed by atoms with Gasteiger partial charge in [-0.05, 0) is 32.2 Å². The molecule has 0 N–H and O–H groups in total. The Labute approximate surface area is 119 Å². The van der Waals surface area contributed by atoms with Crippen LogP contribution in [0.15, 0.2) is 41.4 Å². The summed E-state index contributed by atoms with van der Waals surface area (Å²) in [4.78, 5) is 4.65. The number of aliphatic imine (C=N–C) groups is 1. The van der Waals surface area contributed by atoms with Crippen LogP contribution < -0.4 is 4.74 Å². The van der Waals surface area contributed by atoms with Gasteiger partial charge in [0.15, 0.2) is 0 Å². The summed E-state index contributed by atoms with van der Waals surface area (Å²) < 4.78 is 11.6. The van der Waals surface area contributed by atoms with E-state index in [4.69, 9.17) is 9.47 Å². The van der Waals surface area contributed by atoms with E-state index in [1.165, 1.54) is 0 Å². The van der Waals surface area contributed by atoms with Crippen LogP contribution in [0.1, 0.15) is 26.3 Å². The van der Waals surface area contributed by atoms with Gasteiger partial charge in [0, 0.05) is 5.39 Å². The Morgan fingerprint density at radius 1 is 1.20 bits per heavy atom. The first-order valence-corrected chi connectivity index (χ1v) is 6.98. The molecule has 0 spiro atoms. The van der Waals surface area contributed by atoms with Crippen LogP contribution in [0.5, 0.6) is 5.75 Å². The molecule has 0 bridgehead atoms. The van der Waals surface area contributed by atoms with Gasteiger partial charge in [0.05, 0.1) is 17.7 Å². The topological polar surface area (TPSA) is 30.8 Å². The largest absolute Gasteiger partial charge is 0.492 e. The summed E-state index contributed by atoms with van der Waals surface area (Å²) in [7, 11) is 0. The summed E-state index contributed by atoms with van der Waals surface area (Å²) in [5, 5.41) is 2.26. The Morgan fingerprint density at radius 3 is 2.70 bits per heavy atom. The average molecular weight is 269 g/mol. The second-order valence-corrected chi connectivity index (χ2v) is 5.61. The van der Waals surface area contributed by atoms with Crippen molar-refractivity contribution in [1.29, 1.82) is 0 Å². The van der Waals surface area contributed by atoms with Gasteiger partial charge in [-0.2, -0.15) is 0 Å². The summed E-state index contributed by atoms with van der Waals surface area (Å²) in [5.74, 6) is 1.55. The van der Waals surface area contributed by atoms with Crippen LogP contribution >= 0.6 is 0 Å². The number of hydrogen-bond acceptors (Lipinski definition) is 3. The summed E-state index contributed by atoms with van der Waals surface area (Å²) in [6.45, 7) is 7.37. The van der Waals surface area contributed by atoms with E-state index in [1.54, 1.807) is 0 Å². The van der Waals surface area contributed by atoms with E-state index >= 15 is 0 Å². The molecule has 20 heavy (non-hydrogen) atoms. The molecule has 1 heterocycles. The minimum atomic E-state index is -0.162. The first kappa shape index (κ1) is 13.0. The van der Waals surface area contributed by atoms with Crippen molar-refractivity contribution in [2.45, 2.75) is 26.3 Å². The molecular formula is C17H19NO2. The fraction of sp³-hybridized carbons (Fsp3) is 0.353. The lowest BCUT2D eigenvalue weighted by atomic mass is 10.0. The van der Waals surface area contributed by atoms with Crippen molar-refractivity contribution in [3.05, 3.63) is 42.0 Å². The second-order valence-electron chi connectivity index (χ2n) is 5.61. The molecule has 0 aliphatic carbocycles. The van der Waals surface area contributed by atoms with Crippen molar-refractivity contribution < 1.29 is 9.47 Å². The summed E-state index contributed by atoms with van der Waals surface area (Å²) in [6, 6.07) is 12.3. The smallest absolute Gasteiger partial charge is 0.220 e. The predicted molar refractivity (Wildman–Crippen MR) is 81.7 cm³/mol. The number of rotatable bonds is 3. The van der Waals surface area contributed by atoms with Gasteiger partial charge in [-0.15, -0.1) is 0 Å². The molecule has 1 aliphatic heterocycles. The number of ether oxygens (including phenoxy) is 2. The average Bonchev–Trinajstić information content (AvgIpc) is 2.79. The number of hydrogen-bond donors (Lipinski definition) is 0. The SMILES string of the molecule is CCOc1c(C2=NC(C)(C)CO2)ccc2ccccc12. The van der Waals surface area contributed by atoms with Gasteiger partial charge in [0.1, 0.15) is 12.4 Å². The third-order valence-electron chi connectivity index (χ3n) is 3.37. The van der Waals surface area contributed by atoms with Crippen LogP contribution in [-0.4, -0.2) is 24.7 Å². The van der Waals surface area contributed by atoms with E-state index in [0.29, 0.717) is 19.1 Å². The molecule has 2 aromatic carbocycles. The van der Waals surface area contributed by atoms with Crippen LogP contribution in [0.25, 0.3) is 10.8 Å². The molecule has 0 fully saturated rings. The molecule has 3 nitrogen and oxygen atoms in total. The van der Waals surface area contributed by atoms with Gasteiger partial charge in [-0.25, -0.2) is 4.99 Å². The Bertz CT molecular complexity index is 674. The van der Waals surface area contributed by atoms with Crippen molar-refractivity contribution >= 4 is 16.7 Å². The summed E-state index contributed by atoms with van der Waals surface area (Å²) in [5.41, 5.74) is 0.779. The van der Waals surface area contributed by atoms with Crippen LogP contribution in [0.4, 0.5) is 0 Å². The molecule has 0 saturated carbocycles. The van der Waals surface area contributed by atoms with Gasteiger partial charge in [-0.1, -0.05) is 30.3 Å². The highest BCUT2D eigenvalue weighted by molar-refractivity contribution is 6.04. The van der Waals surface area contributed by atoms with Gasteiger partial charge in [0.2, 0.25) is 5.90 Å². The molecule has 0 unspecified atom stereocenters. The molecule has 1 aliphatic rings. The molecule has 0 atom stereocenters. The maximum absolute atomic E-state index is 5.87. The second kappa shape index (κ2) is 4.82. The molecule has 2 aromatic rings. The van der Waals surface area contributed by atoms with E-state index in [-0.39, 0.29) is 5.54 Å². The van der Waals surface area contributed by atoms with Crippen molar-refractivity contribution in [3.8, 4) is 5.75 Å². The van der Waals surface area contributed by atoms with E-state index in [0.717, 1.165) is 22.1 Å². The fourth-order valence-corrected chi connectivity index (χ4v) is 2.43. The highest BCUT2D eigenvalue weighted by atomic mass is 16.5. The van der Waals surface area contributed by atoms with Crippen LogP contribution in [0.3, 0.4) is 0 Å². The van der Waals surface area contributed by atoms with Gasteiger partial charge in [0.25, 0.3) is 0 Å². The highest BCUT2D eigenvalue weighted by Gasteiger charge is 2.29. The summed E-state index contributed by atoms with van der Waals surface area (Å²) in [6.07, 6.45) is 0. The lowest BCUT2D eigenvalue weighted by Crippen LogP contribution is -2.17. The highest BCUT2D eigenvalue weighted by Crippen LogP contribution is 2.33. The number of nitrogens with zero attached hydrogens (tertiary/aromatic N) is 1. The quantitative estimate of drug-likeness (QED) is 0.848. The van der Waals surface area contributed by atoms with Gasteiger partial charge < -0.3 is 9.47 Å². The maximum Gasteiger partial charge on any atom is 0.220 e. The van der Waals surface area contributed by atoms with E-state index in [2.05, 4.69) is 37.0 Å². The standard InChI is InChI=1S/C17H19NO2/c1-4-19-15-13-8-6-5-7-12(13)9-10-14(15)16-18-17(2,3)11-20-16/h5-10H,4,11H2,1-3H3. The fourth-order valence-electron chi connectivity index (χ4n) is 2.43. The van der Waals surface area contributed by atoms with Crippen LogP contribution in [0.2, 0.25) is 0 Å². The normalized spacial score (nSPS) is 16.9. The molecular weight excluding hydrogens is 250 g/mol. The van der Waals surface area contributed by atoms with Gasteiger partial charge >= 0.3 is 0 Å². The number of fused-ring (bicyclic) bond motifs is 1. The lowest BCUT2D eigenvalue weighted by Gasteiger charge is -2.13. The first-order chi connectivity index (χ1) is 9.61. The molecule has 0 amide bonds. The molecule has 0 aromatic heterocycles. The maximum atomic E-state index is 5.87. The zero-order valence-electron chi connectivity index (χ0n) is 12.1. The third-order valence-corrected chi connectivity index (χ3v) is 3.37. The Kier molecular flexibility index (Phi) is 3.13. The van der Waals surface area contributed by atoms with E-state index in [1.807, 2.05) is 25.1 Å². The van der Waals surface area contributed by atoms with Crippen molar-refractivity contribution in [2.24, 2.45) is 4.99 Å². The zero-order chi connectivity index (χ0) is 14.2. The minimum Gasteiger partial charge on any atom is -0.492 e. The molecule has 0 radical (unpaired) electrons. The molecule has 0 saturated heterocycles. The lowest BCUT2D eigenvalue weighted by molar-refractivity contribution is 0.278. The Hall–Kier alpha value is -2.03. The molecule has 3 rings (SSSR count). The Morgan fingerprint density at radius 2 is 2.00 bits per heavy atom. The predicted octanol–water partition coefficient (Wildman–Crippen LogP) is 3.79. The van der Waals surface area contributed by atoms with Crippen molar-refractivity contribution in [3.63, 3.8) is 0 Å². The molecule has 104 valence electrons. The first-order valence-electron chi connectivity index (χ1n) is 6.98. The molecule has 3 heteroatoms. The van der Waals surface area contributed by atoms with E-state index < -0.39 is 0 Å².